The Kier molecular flexibility index (Phi) is 5.78. The number of nitro groups is 1. The summed E-state index contributed by atoms with van der Waals surface area (Å²) in [5, 5.41) is 10.5. The van der Waals surface area contributed by atoms with Crippen LogP contribution < -0.4 is 0 Å². The second-order valence-corrected chi connectivity index (χ2v) is 6.61. The third-order valence-corrected chi connectivity index (χ3v) is 4.52. The van der Waals surface area contributed by atoms with Crippen LogP contribution >= 0.6 is 0 Å². The molecule has 24 heavy (non-hydrogen) atoms. The number of nitro benzene ring substituents is 1. The number of rotatable bonds is 8. The summed E-state index contributed by atoms with van der Waals surface area (Å²) in [6.45, 7) is -0.563. The smallest absolute Gasteiger partial charge is 0.297 e. The van der Waals surface area contributed by atoms with E-state index in [2.05, 4.69) is 0 Å². The van der Waals surface area contributed by atoms with Crippen molar-refractivity contribution in [3.05, 3.63) is 70.3 Å². The lowest BCUT2D eigenvalue weighted by molar-refractivity contribution is -0.384. The van der Waals surface area contributed by atoms with E-state index < -0.39 is 21.6 Å². The SMILES string of the molecule is O=C(CCc1ccccc1)COS(=O)(=O)c1ccc([N+](=O)[O-])cc1. The molecule has 0 atom stereocenters. The Morgan fingerprint density at radius 1 is 1.04 bits per heavy atom. The first-order valence-electron chi connectivity index (χ1n) is 7.08. The van der Waals surface area contributed by atoms with Gasteiger partial charge in [0, 0.05) is 18.6 Å². The van der Waals surface area contributed by atoms with Crippen molar-refractivity contribution in [3.63, 3.8) is 0 Å². The van der Waals surface area contributed by atoms with Crippen LogP contribution in [0.5, 0.6) is 0 Å². The predicted octanol–water partition coefficient (Wildman–Crippen LogP) is 2.50. The van der Waals surface area contributed by atoms with E-state index in [1.165, 1.54) is 0 Å². The average molecular weight is 349 g/mol. The molecule has 0 spiro atoms. The average Bonchev–Trinajstić information content (AvgIpc) is 2.59. The number of ketones is 1. The third kappa shape index (κ3) is 4.97. The quantitative estimate of drug-likeness (QED) is 0.412. The van der Waals surface area contributed by atoms with E-state index in [0.29, 0.717) is 6.42 Å². The lowest BCUT2D eigenvalue weighted by atomic mass is 10.1. The lowest BCUT2D eigenvalue weighted by Gasteiger charge is -2.05. The molecule has 0 aliphatic heterocycles. The van der Waals surface area contributed by atoms with Crippen molar-refractivity contribution < 1.29 is 22.3 Å². The zero-order chi connectivity index (χ0) is 17.6. The molecule has 0 aromatic heterocycles. The normalized spacial score (nSPS) is 11.2. The minimum absolute atomic E-state index is 0.166. The molecule has 0 bridgehead atoms. The third-order valence-electron chi connectivity index (χ3n) is 3.25. The highest BCUT2D eigenvalue weighted by molar-refractivity contribution is 7.86. The summed E-state index contributed by atoms with van der Waals surface area (Å²) in [5.41, 5.74) is 0.747. The van der Waals surface area contributed by atoms with Crippen LogP contribution in [0, 0.1) is 10.1 Å². The van der Waals surface area contributed by atoms with E-state index in [9.17, 15) is 23.3 Å². The number of hydrogen-bond donors (Lipinski definition) is 0. The Morgan fingerprint density at radius 3 is 2.25 bits per heavy atom. The van der Waals surface area contributed by atoms with Gasteiger partial charge >= 0.3 is 0 Å². The van der Waals surface area contributed by atoms with Gasteiger partial charge in [0.05, 0.1) is 9.82 Å². The van der Waals surface area contributed by atoms with Gasteiger partial charge in [-0.25, -0.2) is 0 Å². The maximum Gasteiger partial charge on any atom is 0.297 e. The summed E-state index contributed by atoms with van der Waals surface area (Å²) < 4.78 is 28.6. The molecule has 2 rings (SSSR count). The van der Waals surface area contributed by atoms with Gasteiger partial charge in [-0.3, -0.25) is 19.1 Å². The van der Waals surface area contributed by atoms with Gasteiger partial charge in [0.25, 0.3) is 15.8 Å². The highest BCUT2D eigenvalue weighted by Gasteiger charge is 2.18. The van der Waals surface area contributed by atoms with Gasteiger partial charge in [-0.1, -0.05) is 30.3 Å². The minimum atomic E-state index is -4.12. The van der Waals surface area contributed by atoms with Gasteiger partial charge in [-0.2, -0.15) is 8.42 Å². The van der Waals surface area contributed by atoms with Crippen molar-refractivity contribution in [2.24, 2.45) is 0 Å². The van der Waals surface area contributed by atoms with Crippen LogP contribution in [-0.2, 0) is 25.5 Å². The minimum Gasteiger partial charge on any atom is -0.297 e. The summed E-state index contributed by atoms with van der Waals surface area (Å²) in [5.74, 6) is -0.343. The fraction of sp³-hybridized carbons (Fsp3) is 0.188. The van der Waals surface area contributed by atoms with Crippen molar-refractivity contribution in [3.8, 4) is 0 Å². The van der Waals surface area contributed by atoms with E-state index in [4.69, 9.17) is 4.18 Å². The summed E-state index contributed by atoms with van der Waals surface area (Å²) in [4.78, 5) is 21.4. The van der Waals surface area contributed by atoms with Gasteiger partial charge in [0.15, 0.2) is 5.78 Å². The molecule has 0 aliphatic carbocycles. The van der Waals surface area contributed by atoms with Crippen molar-refractivity contribution in [2.45, 2.75) is 17.7 Å². The van der Waals surface area contributed by atoms with Crippen molar-refractivity contribution in [2.75, 3.05) is 6.61 Å². The largest absolute Gasteiger partial charge is 0.297 e. The maximum atomic E-state index is 11.9. The Hall–Kier alpha value is -2.58. The molecule has 0 saturated heterocycles. The fourth-order valence-electron chi connectivity index (χ4n) is 1.95. The number of carbonyl (C=O) groups is 1. The molecule has 0 fully saturated rings. The molecule has 0 heterocycles. The molecule has 0 saturated carbocycles. The van der Waals surface area contributed by atoms with Crippen LogP contribution in [0.3, 0.4) is 0 Å². The van der Waals surface area contributed by atoms with Crippen LogP contribution in [0.25, 0.3) is 0 Å². The molecule has 0 aliphatic rings. The monoisotopic (exact) mass is 349 g/mol. The fourth-order valence-corrected chi connectivity index (χ4v) is 2.84. The molecule has 0 unspecified atom stereocenters. The van der Waals surface area contributed by atoms with E-state index >= 15 is 0 Å². The molecule has 0 amide bonds. The first-order valence-corrected chi connectivity index (χ1v) is 8.49. The number of Topliss-reactive ketones (excluding diaryl/α,β-unsaturated/α-hetero) is 1. The topological polar surface area (TPSA) is 104 Å². The van der Waals surface area contributed by atoms with Crippen LogP contribution in [-0.4, -0.2) is 25.7 Å². The first kappa shape index (κ1) is 17.8. The number of benzene rings is 2. The zero-order valence-electron chi connectivity index (χ0n) is 12.6. The molecule has 8 heteroatoms. The lowest BCUT2D eigenvalue weighted by Crippen LogP contribution is -2.15. The second-order valence-electron chi connectivity index (χ2n) is 4.99. The van der Waals surface area contributed by atoms with E-state index in [0.717, 1.165) is 29.8 Å². The molecular formula is C16H15NO6S. The van der Waals surface area contributed by atoms with Crippen LogP contribution in [0.1, 0.15) is 12.0 Å². The molecular weight excluding hydrogens is 334 g/mol. The van der Waals surface area contributed by atoms with Crippen molar-refractivity contribution >= 4 is 21.6 Å². The maximum absolute atomic E-state index is 11.9. The standard InChI is InChI=1S/C16H15NO6S/c18-15(9-6-13-4-2-1-3-5-13)12-23-24(21,22)16-10-7-14(8-11-16)17(19)20/h1-5,7-8,10-11H,6,9,12H2. The number of hydrogen-bond acceptors (Lipinski definition) is 6. The number of non-ortho nitro benzene ring substituents is 1. The van der Waals surface area contributed by atoms with Crippen LogP contribution in [0.2, 0.25) is 0 Å². The molecule has 0 radical (unpaired) electrons. The van der Waals surface area contributed by atoms with Crippen LogP contribution in [0.15, 0.2) is 59.5 Å². The van der Waals surface area contributed by atoms with Crippen molar-refractivity contribution in [1.29, 1.82) is 0 Å². The summed E-state index contributed by atoms with van der Waals surface area (Å²) >= 11 is 0. The summed E-state index contributed by atoms with van der Waals surface area (Å²) in [6.07, 6.45) is 0.667. The zero-order valence-corrected chi connectivity index (χ0v) is 13.4. The number of aryl methyl sites for hydroxylation is 1. The Balaban J connectivity index is 1.89. The summed E-state index contributed by atoms with van der Waals surface area (Å²) in [6, 6.07) is 13.6. The molecule has 7 nitrogen and oxygen atoms in total. The number of nitrogens with zero attached hydrogens (tertiary/aromatic N) is 1. The van der Waals surface area contributed by atoms with Gasteiger partial charge in [0.2, 0.25) is 0 Å². The van der Waals surface area contributed by atoms with Gasteiger partial charge in [-0.05, 0) is 24.1 Å². The van der Waals surface area contributed by atoms with Gasteiger partial charge in [0.1, 0.15) is 6.61 Å². The highest BCUT2D eigenvalue weighted by atomic mass is 32.2. The molecule has 126 valence electrons. The van der Waals surface area contributed by atoms with E-state index in [1.807, 2.05) is 30.3 Å². The van der Waals surface area contributed by atoms with Gasteiger partial charge < -0.3 is 0 Å². The summed E-state index contributed by atoms with van der Waals surface area (Å²) in [7, 11) is -4.12. The Morgan fingerprint density at radius 2 is 1.67 bits per heavy atom. The molecule has 0 N–H and O–H groups in total. The predicted molar refractivity (Wildman–Crippen MR) is 86.0 cm³/mol. The molecule has 2 aromatic carbocycles. The number of carbonyl (C=O) groups excluding carboxylic acids is 1. The van der Waals surface area contributed by atoms with Gasteiger partial charge in [-0.15, -0.1) is 0 Å². The highest BCUT2D eigenvalue weighted by Crippen LogP contribution is 2.17. The van der Waals surface area contributed by atoms with E-state index in [1.54, 1.807) is 0 Å². The van der Waals surface area contributed by atoms with Crippen molar-refractivity contribution in [1.82, 2.24) is 0 Å². The molecule has 2 aromatic rings. The van der Waals surface area contributed by atoms with E-state index in [-0.39, 0.29) is 22.8 Å². The van der Waals surface area contributed by atoms with Crippen LogP contribution in [0.4, 0.5) is 5.69 Å². The Bertz CT molecular complexity index is 815. The second kappa shape index (κ2) is 7.80. The first-order chi connectivity index (χ1) is 11.4. The Labute approximate surface area is 139 Å².